The van der Waals surface area contributed by atoms with Crippen LogP contribution in [0.5, 0.6) is 0 Å². The van der Waals surface area contributed by atoms with Gasteiger partial charge in [-0.15, -0.1) is 24.0 Å². The number of benzene rings is 1. The Kier molecular flexibility index (Phi) is 8.18. The third-order valence-electron chi connectivity index (χ3n) is 5.99. The first-order valence-electron chi connectivity index (χ1n) is 10.7. The van der Waals surface area contributed by atoms with Crippen LogP contribution in [0.1, 0.15) is 31.9 Å². The van der Waals surface area contributed by atoms with Crippen molar-refractivity contribution < 1.29 is 0 Å². The molecule has 162 valence electrons. The Morgan fingerprint density at radius 1 is 1.20 bits per heavy atom. The highest BCUT2D eigenvalue weighted by Crippen LogP contribution is 2.27. The average molecular weight is 520 g/mol. The van der Waals surface area contributed by atoms with E-state index in [2.05, 4.69) is 81.1 Å². The van der Waals surface area contributed by atoms with Gasteiger partial charge in [0.05, 0.1) is 18.9 Å². The Balaban J connectivity index is 0.00000256. The molecule has 1 N–H and O–H groups in total. The first-order chi connectivity index (χ1) is 14.2. The van der Waals surface area contributed by atoms with Crippen molar-refractivity contribution >= 4 is 35.6 Å². The van der Waals surface area contributed by atoms with Crippen LogP contribution >= 0.6 is 24.0 Å². The lowest BCUT2D eigenvalue weighted by molar-refractivity contribution is 0.189. The summed E-state index contributed by atoms with van der Waals surface area (Å²) >= 11 is 0. The zero-order chi connectivity index (χ0) is 20.1. The second-order valence-electron chi connectivity index (χ2n) is 8.00. The van der Waals surface area contributed by atoms with Crippen molar-refractivity contribution in [1.82, 2.24) is 19.8 Å². The Morgan fingerprint density at radius 2 is 1.97 bits per heavy atom. The number of aliphatic imine (C=N–C) groups is 1. The fourth-order valence-corrected chi connectivity index (χ4v) is 4.19. The number of hydrogen-bond acceptors (Lipinski definition) is 3. The van der Waals surface area contributed by atoms with E-state index in [9.17, 15) is 0 Å². The number of rotatable bonds is 5. The summed E-state index contributed by atoms with van der Waals surface area (Å²) in [6, 6.07) is 9.26. The highest BCUT2D eigenvalue weighted by molar-refractivity contribution is 14.0. The van der Waals surface area contributed by atoms with E-state index < -0.39 is 0 Å². The smallest absolute Gasteiger partial charge is 0.194 e. The number of imidazole rings is 1. The summed E-state index contributed by atoms with van der Waals surface area (Å²) in [6.07, 6.45) is 11.5. The number of nitrogens with zero attached hydrogens (tertiary/aromatic N) is 5. The lowest BCUT2D eigenvalue weighted by atomic mass is 9.93. The summed E-state index contributed by atoms with van der Waals surface area (Å²) < 4.78 is 2.24. The quantitative estimate of drug-likeness (QED) is 0.281. The molecule has 2 aliphatic rings. The van der Waals surface area contributed by atoms with Gasteiger partial charge in [0.1, 0.15) is 0 Å². The van der Waals surface area contributed by atoms with E-state index in [1.54, 1.807) is 0 Å². The molecule has 2 aliphatic heterocycles. The van der Waals surface area contributed by atoms with Gasteiger partial charge in [0.15, 0.2) is 5.96 Å². The summed E-state index contributed by atoms with van der Waals surface area (Å²) in [5, 5.41) is 3.49. The van der Waals surface area contributed by atoms with E-state index in [1.165, 1.54) is 11.3 Å². The predicted molar refractivity (Wildman–Crippen MR) is 135 cm³/mol. The minimum Gasteiger partial charge on any atom is -0.364 e. The Hall–Kier alpha value is -2.03. The fraction of sp³-hybridized carbons (Fsp3) is 0.478. The highest BCUT2D eigenvalue weighted by atomic mass is 127. The molecule has 2 atom stereocenters. The first-order valence-corrected chi connectivity index (χ1v) is 10.7. The maximum atomic E-state index is 4.96. The third-order valence-corrected chi connectivity index (χ3v) is 5.99. The molecule has 0 radical (unpaired) electrons. The molecule has 0 aliphatic carbocycles. The van der Waals surface area contributed by atoms with E-state index in [-0.39, 0.29) is 24.0 Å². The van der Waals surface area contributed by atoms with Gasteiger partial charge in [0.25, 0.3) is 0 Å². The van der Waals surface area contributed by atoms with Gasteiger partial charge in [-0.2, -0.15) is 0 Å². The van der Waals surface area contributed by atoms with E-state index >= 15 is 0 Å². The minimum atomic E-state index is 0. The van der Waals surface area contributed by atoms with Crippen molar-refractivity contribution in [2.45, 2.75) is 32.9 Å². The van der Waals surface area contributed by atoms with Crippen molar-refractivity contribution in [3.8, 4) is 0 Å². The van der Waals surface area contributed by atoms with Crippen molar-refractivity contribution in [2.75, 3.05) is 37.6 Å². The molecule has 6 nitrogen and oxygen atoms in total. The standard InChI is InChI=1S/C23H32N6.HI/c1-3-25-23(28-14-10-19(2)22(17-28)29-15-11-24-18-29)26-16-20-6-8-21(9-7-20)27-12-4-5-13-27;/h4-9,11,15,18-19,22H,3,10,12-14,16-17H2,1-2H3,(H,25,26);1H. The molecule has 2 aromatic rings. The number of aromatic nitrogens is 2. The molecule has 1 aromatic heterocycles. The molecular weight excluding hydrogens is 487 g/mol. The van der Waals surface area contributed by atoms with Crippen molar-refractivity contribution in [3.05, 3.63) is 60.7 Å². The van der Waals surface area contributed by atoms with E-state index in [0.29, 0.717) is 18.5 Å². The highest BCUT2D eigenvalue weighted by Gasteiger charge is 2.28. The molecule has 30 heavy (non-hydrogen) atoms. The van der Waals surface area contributed by atoms with Crippen molar-refractivity contribution in [1.29, 1.82) is 0 Å². The number of anilines is 1. The molecule has 1 aromatic carbocycles. The minimum absolute atomic E-state index is 0. The monoisotopic (exact) mass is 520 g/mol. The largest absolute Gasteiger partial charge is 0.364 e. The number of nitrogens with one attached hydrogen (secondary N) is 1. The molecule has 4 rings (SSSR count). The lowest BCUT2D eigenvalue weighted by Crippen LogP contribution is -2.49. The van der Waals surface area contributed by atoms with Crippen LogP contribution in [0.4, 0.5) is 5.69 Å². The van der Waals surface area contributed by atoms with Crippen LogP contribution in [0, 0.1) is 5.92 Å². The predicted octanol–water partition coefficient (Wildman–Crippen LogP) is 3.93. The number of likely N-dealkylation sites (tertiary alicyclic amines) is 1. The van der Waals surface area contributed by atoms with Crippen LogP contribution in [-0.2, 0) is 6.54 Å². The van der Waals surface area contributed by atoms with Gasteiger partial charge in [-0.05, 0) is 37.0 Å². The van der Waals surface area contributed by atoms with Gasteiger partial charge < -0.3 is 19.7 Å². The van der Waals surface area contributed by atoms with Gasteiger partial charge in [-0.3, -0.25) is 0 Å². The summed E-state index contributed by atoms with van der Waals surface area (Å²) in [5.74, 6) is 1.65. The molecule has 3 heterocycles. The molecule has 0 saturated carbocycles. The van der Waals surface area contributed by atoms with Gasteiger partial charge >= 0.3 is 0 Å². The average Bonchev–Trinajstić information content (AvgIpc) is 3.46. The summed E-state index contributed by atoms with van der Waals surface area (Å²) in [6.45, 7) is 10.1. The topological polar surface area (TPSA) is 48.7 Å². The second-order valence-corrected chi connectivity index (χ2v) is 8.00. The van der Waals surface area contributed by atoms with Crippen LogP contribution in [0.25, 0.3) is 0 Å². The Morgan fingerprint density at radius 3 is 2.63 bits per heavy atom. The van der Waals surface area contributed by atoms with Crippen LogP contribution in [0.2, 0.25) is 0 Å². The zero-order valence-electron chi connectivity index (χ0n) is 17.9. The number of hydrogen-bond donors (Lipinski definition) is 1. The van der Waals surface area contributed by atoms with Crippen LogP contribution in [-0.4, -0.2) is 53.1 Å². The van der Waals surface area contributed by atoms with E-state index in [0.717, 1.165) is 45.1 Å². The fourth-order valence-electron chi connectivity index (χ4n) is 4.19. The Bertz CT molecular complexity index is 822. The molecule has 1 fully saturated rings. The molecule has 2 unspecified atom stereocenters. The Labute approximate surface area is 197 Å². The molecule has 0 spiro atoms. The maximum absolute atomic E-state index is 4.96. The first kappa shape index (κ1) is 22.7. The zero-order valence-corrected chi connectivity index (χ0v) is 20.3. The lowest BCUT2D eigenvalue weighted by Gasteiger charge is -2.39. The van der Waals surface area contributed by atoms with Crippen molar-refractivity contribution in [3.63, 3.8) is 0 Å². The molecule has 0 amide bonds. The third kappa shape index (κ3) is 5.36. The summed E-state index contributed by atoms with van der Waals surface area (Å²) in [4.78, 5) is 14.0. The van der Waals surface area contributed by atoms with Gasteiger partial charge in [0.2, 0.25) is 0 Å². The second kappa shape index (κ2) is 10.8. The van der Waals surface area contributed by atoms with Crippen LogP contribution in [0.15, 0.2) is 60.1 Å². The normalized spacial score (nSPS) is 21.6. The summed E-state index contributed by atoms with van der Waals surface area (Å²) in [5.41, 5.74) is 2.52. The SMILES string of the molecule is CCNC(=NCc1ccc(N2CC=CC2)cc1)N1CCC(C)C(n2ccnc2)C1.I. The number of piperidine rings is 1. The molecule has 7 heteroatoms. The maximum Gasteiger partial charge on any atom is 0.194 e. The van der Waals surface area contributed by atoms with E-state index in [4.69, 9.17) is 4.99 Å². The molecular formula is C23H33IN6. The van der Waals surface area contributed by atoms with E-state index in [1.807, 2.05) is 12.5 Å². The van der Waals surface area contributed by atoms with Gasteiger partial charge in [-0.25, -0.2) is 9.98 Å². The van der Waals surface area contributed by atoms with Crippen LogP contribution in [0.3, 0.4) is 0 Å². The molecule has 1 saturated heterocycles. The number of guanidine groups is 1. The van der Waals surface area contributed by atoms with Crippen LogP contribution < -0.4 is 10.2 Å². The van der Waals surface area contributed by atoms with Gasteiger partial charge in [0, 0.05) is 50.8 Å². The van der Waals surface area contributed by atoms with Gasteiger partial charge in [-0.1, -0.05) is 31.2 Å². The molecule has 0 bridgehead atoms. The number of halogens is 1. The van der Waals surface area contributed by atoms with Crippen molar-refractivity contribution in [2.24, 2.45) is 10.9 Å². The summed E-state index contributed by atoms with van der Waals surface area (Å²) in [7, 11) is 0.